The molecule has 5 rings (SSSR count). The van der Waals surface area contributed by atoms with Crippen molar-refractivity contribution in [1.29, 1.82) is 0 Å². The Bertz CT molecular complexity index is 1030. The average Bonchev–Trinajstić information content (AvgIpc) is 3.39. The summed E-state index contributed by atoms with van der Waals surface area (Å²) >= 11 is 1.80. The highest BCUT2D eigenvalue weighted by atomic mass is 32.1. The summed E-state index contributed by atoms with van der Waals surface area (Å²) in [6.45, 7) is 4.30. The van der Waals surface area contributed by atoms with Gasteiger partial charge in [0.1, 0.15) is 10.7 Å². The van der Waals surface area contributed by atoms with Gasteiger partial charge in [0.2, 0.25) is 0 Å². The van der Waals surface area contributed by atoms with E-state index in [4.69, 9.17) is 9.72 Å². The van der Waals surface area contributed by atoms with Gasteiger partial charge in [0, 0.05) is 48.7 Å². The van der Waals surface area contributed by atoms with Gasteiger partial charge in [-0.15, -0.1) is 11.3 Å². The molecular weight excluding hydrogens is 382 g/mol. The lowest BCUT2D eigenvalue weighted by Crippen LogP contribution is -2.28. The third-order valence-corrected chi connectivity index (χ3v) is 7.50. The van der Waals surface area contributed by atoms with Gasteiger partial charge in [-0.2, -0.15) is 0 Å². The van der Waals surface area contributed by atoms with Gasteiger partial charge in [0.05, 0.1) is 12.3 Å². The molecule has 2 aliphatic rings. The van der Waals surface area contributed by atoms with E-state index in [1.165, 1.54) is 41.3 Å². The molecular formula is C23H27N3O2S. The Morgan fingerprint density at radius 2 is 2.00 bits per heavy atom. The van der Waals surface area contributed by atoms with Crippen LogP contribution < -0.4 is 0 Å². The molecule has 0 bridgehead atoms. The van der Waals surface area contributed by atoms with Crippen molar-refractivity contribution in [2.24, 2.45) is 0 Å². The predicted octanol–water partition coefficient (Wildman–Crippen LogP) is 4.75. The summed E-state index contributed by atoms with van der Waals surface area (Å²) in [5.74, 6) is 2.30. The lowest BCUT2D eigenvalue weighted by Gasteiger charge is -2.24. The van der Waals surface area contributed by atoms with E-state index in [2.05, 4.69) is 16.7 Å². The molecule has 152 valence electrons. The van der Waals surface area contributed by atoms with E-state index in [1.807, 2.05) is 29.2 Å². The molecule has 1 saturated heterocycles. The van der Waals surface area contributed by atoms with E-state index in [-0.39, 0.29) is 5.91 Å². The number of carbonyl (C=O) groups excluding carboxylic acids is 1. The minimum absolute atomic E-state index is 0.119. The molecule has 0 radical (unpaired) electrons. The average molecular weight is 410 g/mol. The molecule has 1 saturated carbocycles. The second-order valence-electron chi connectivity index (χ2n) is 8.37. The number of hydrogen-bond donors (Lipinski definition) is 0. The number of aryl methyl sites for hydroxylation is 1. The summed E-state index contributed by atoms with van der Waals surface area (Å²) in [6, 6.07) is 7.78. The molecule has 3 aromatic rings. The molecule has 1 atom stereocenters. The Kier molecular flexibility index (Phi) is 4.92. The van der Waals surface area contributed by atoms with Crippen LogP contribution in [0.25, 0.3) is 4.83 Å². The smallest absolute Gasteiger partial charge is 0.253 e. The Morgan fingerprint density at radius 3 is 2.69 bits per heavy atom. The van der Waals surface area contributed by atoms with Crippen LogP contribution in [0.1, 0.15) is 70.7 Å². The van der Waals surface area contributed by atoms with Crippen molar-refractivity contribution in [3.63, 3.8) is 0 Å². The fourth-order valence-electron chi connectivity index (χ4n) is 4.55. The van der Waals surface area contributed by atoms with Gasteiger partial charge in [-0.25, -0.2) is 4.98 Å². The maximum absolute atomic E-state index is 13.0. The number of ether oxygens (including phenoxy) is 1. The van der Waals surface area contributed by atoms with Crippen LogP contribution in [0.5, 0.6) is 0 Å². The molecule has 29 heavy (non-hydrogen) atoms. The van der Waals surface area contributed by atoms with Crippen molar-refractivity contribution in [2.75, 3.05) is 20.2 Å². The van der Waals surface area contributed by atoms with Crippen LogP contribution in [0.3, 0.4) is 0 Å². The van der Waals surface area contributed by atoms with E-state index in [1.54, 1.807) is 18.4 Å². The summed E-state index contributed by atoms with van der Waals surface area (Å²) < 4.78 is 7.53. The van der Waals surface area contributed by atoms with Gasteiger partial charge in [-0.3, -0.25) is 9.20 Å². The van der Waals surface area contributed by atoms with Crippen LogP contribution >= 0.6 is 11.3 Å². The minimum atomic E-state index is 0.119. The lowest BCUT2D eigenvalue weighted by atomic mass is 9.85. The summed E-state index contributed by atoms with van der Waals surface area (Å²) in [4.78, 5) is 21.4. The van der Waals surface area contributed by atoms with Gasteiger partial charge < -0.3 is 9.64 Å². The summed E-state index contributed by atoms with van der Waals surface area (Å²) in [7, 11) is 1.68. The van der Waals surface area contributed by atoms with Crippen LogP contribution in [-0.2, 0) is 11.3 Å². The number of rotatable bonds is 5. The Hall–Kier alpha value is -2.18. The van der Waals surface area contributed by atoms with Gasteiger partial charge in [0.25, 0.3) is 5.91 Å². The molecule has 1 aliphatic carbocycles. The van der Waals surface area contributed by atoms with Crippen LogP contribution in [-0.4, -0.2) is 40.4 Å². The van der Waals surface area contributed by atoms with E-state index in [0.29, 0.717) is 18.4 Å². The first kappa shape index (κ1) is 18.8. The number of carbonyl (C=O) groups is 1. The first-order valence-corrected chi connectivity index (χ1v) is 11.4. The largest absolute Gasteiger partial charge is 0.380 e. The van der Waals surface area contributed by atoms with Gasteiger partial charge >= 0.3 is 0 Å². The normalized spacial score (nSPS) is 19.8. The highest BCUT2D eigenvalue weighted by Crippen LogP contribution is 2.41. The quantitative estimate of drug-likeness (QED) is 0.611. The number of likely N-dealkylation sites (tertiary alicyclic amines) is 1. The van der Waals surface area contributed by atoms with Gasteiger partial charge in [0.15, 0.2) is 0 Å². The lowest BCUT2D eigenvalue weighted by molar-refractivity contribution is 0.0790. The molecule has 0 unspecified atom stereocenters. The summed E-state index contributed by atoms with van der Waals surface area (Å²) in [6.07, 6.45) is 4.80. The summed E-state index contributed by atoms with van der Waals surface area (Å²) in [5, 5.41) is 2.24. The maximum atomic E-state index is 13.0. The third kappa shape index (κ3) is 3.28. The van der Waals surface area contributed by atoms with Crippen molar-refractivity contribution in [3.05, 3.63) is 58.0 Å². The number of thiazole rings is 1. The molecule has 1 aromatic carbocycles. The van der Waals surface area contributed by atoms with Crippen molar-refractivity contribution in [1.82, 2.24) is 14.3 Å². The van der Waals surface area contributed by atoms with Crippen molar-refractivity contribution < 1.29 is 9.53 Å². The van der Waals surface area contributed by atoms with E-state index >= 15 is 0 Å². The monoisotopic (exact) mass is 409 g/mol. The number of aromatic nitrogens is 2. The topological polar surface area (TPSA) is 46.8 Å². The number of amides is 1. The molecule has 0 N–H and O–H groups in total. The number of nitrogens with zero attached hydrogens (tertiary/aromatic N) is 3. The first-order chi connectivity index (χ1) is 14.2. The molecule has 6 heteroatoms. The zero-order valence-corrected chi connectivity index (χ0v) is 17.9. The Balaban J connectivity index is 1.36. The van der Waals surface area contributed by atoms with Crippen LogP contribution in [0.15, 0.2) is 29.6 Å². The summed E-state index contributed by atoms with van der Waals surface area (Å²) in [5.41, 5.74) is 4.33. The van der Waals surface area contributed by atoms with Crippen LogP contribution in [0.4, 0.5) is 0 Å². The van der Waals surface area contributed by atoms with E-state index < -0.39 is 0 Å². The molecule has 2 aromatic heterocycles. The van der Waals surface area contributed by atoms with E-state index in [0.717, 1.165) is 30.6 Å². The zero-order valence-electron chi connectivity index (χ0n) is 17.1. The highest BCUT2D eigenvalue weighted by molar-refractivity contribution is 7.15. The molecule has 1 amide bonds. The fraction of sp³-hybridized carbons (Fsp3) is 0.478. The third-order valence-electron chi connectivity index (χ3n) is 6.42. The van der Waals surface area contributed by atoms with Gasteiger partial charge in [-0.05, 0) is 43.9 Å². The zero-order chi connectivity index (χ0) is 20.0. The molecule has 5 nitrogen and oxygen atoms in total. The van der Waals surface area contributed by atoms with Crippen molar-refractivity contribution in [2.45, 2.75) is 51.0 Å². The predicted molar refractivity (Wildman–Crippen MR) is 115 cm³/mol. The highest BCUT2D eigenvalue weighted by Gasteiger charge is 2.34. The minimum Gasteiger partial charge on any atom is -0.380 e. The Labute approximate surface area is 175 Å². The van der Waals surface area contributed by atoms with Crippen molar-refractivity contribution in [3.8, 4) is 0 Å². The second-order valence-corrected chi connectivity index (χ2v) is 9.23. The SMILES string of the molecule is COCc1ccc(C(=O)N2CC[C@@H](c3nc(C4CCC4)n4c(C)csc34)C2)cc1. The molecule has 3 heterocycles. The second kappa shape index (κ2) is 7.58. The number of methoxy groups -OCH3 is 1. The first-order valence-electron chi connectivity index (χ1n) is 10.5. The van der Waals surface area contributed by atoms with Crippen LogP contribution in [0, 0.1) is 6.92 Å². The number of imidazole rings is 1. The van der Waals surface area contributed by atoms with E-state index in [9.17, 15) is 4.79 Å². The molecule has 2 fully saturated rings. The number of benzene rings is 1. The standard InChI is InChI=1S/C23H27N3O2S/c1-15-14-29-23-20(24-21(26(15)23)17-4-3-5-17)19-10-11-25(12-19)22(27)18-8-6-16(7-9-18)13-28-2/h6-9,14,17,19H,3-5,10-13H2,1-2H3/t19-/m1/s1. The van der Waals surface area contributed by atoms with Crippen molar-refractivity contribution >= 4 is 22.1 Å². The number of fused-ring (bicyclic) bond motifs is 1. The number of hydrogen-bond acceptors (Lipinski definition) is 4. The van der Waals surface area contributed by atoms with Gasteiger partial charge in [-0.1, -0.05) is 18.6 Å². The maximum Gasteiger partial charge on any atom is 0.253 e. The van der Waals surface area contributed by atoms with Crippen LogP contribution in [0.2, 0.25) is 0 Å². The Morgan fingerprint density at radius 1 is 1.21 bits per heavy atom. The molecule has 0 spiro atoms. The molecule has 1 aliphatic heterocycles. The fourth-order valence-corrected chi connectivity index (χ4v) is 5.62.